The van der Waals surface area contributed by atoms with Crippen LogP contribution >= 0.6 is 0 Å². The monoisotopic (exact) mass is 237 g/mol. The predicted octanol–water partition coefficient (Wildman–Crippen LogP) is 2.70. The second-order valence-electron chi connectivity index (χ2n) is 4.71. The molecule has 0 aliphatic heterocycles. The van der Waals surface area contributed by atoms with Crippen molar-refractivity contribution in [2.45, 2.75) is 31.2 Å². The normalized spacial score (nSPS) is 17.1. The first kappa shape index (κ1) is 12.5. The van der Waals surface area contributed by atoms with Crippen LogP contribution in [0.4, 0.5) is 4.39 Å². The zero-order valence-electron chi connectivity index (χ0n) is 10.3. The minimum Gasteiger partial charge on any atom is -0.385 e. The summed E-state index contributed by atoms with van der Waals surface area (Å²) in [5.74, 6) is 0.241. The lowest BCUT2D eigenvalue weighted by Gasteiger charge is -2.17. The van der Waals surface area contributed by atoms with Gasteiger partial charge in [-0.15, -0.1) is 0 Å². The molecule has 0 heterocycles. The molecular formula is C14H20FNO. The van der Waals surface area contributed by atoms with E-state index in [1.54, 1.807) is 7.11 Å². The average molecular weight is 237 g/mol. The van der Waals surface area contributed by atoms with Gasteiger partial charge in [0.25, 0.3) is 0 Å². The van der Waals surface area contributed by atoms with Crippen LogP contribution < -0.4 is 5.32 Å². The number of ether oxygens (including phenoxy) is 1. The van der Waals surface area contributed by atoms with Gasteiger partial charge < -0.3 is 10.1 Å². The van der Waals surface area contributed by atoms with Crippen LogP contribution in [0.25, 0.3) is 0 Å². The van der Waals surface area contributed by atoms with Crippen molar-refractivity contribution in [1.82, 2.24) is 5.32 Å². The van der Waals surface area contributed by atoms with Gasteiger partial charge in [0.2, 0.25) is 0 Å². The van der Waals surface area contributed by atoms with Crippen LogP contribution in [0.5, 0.6) is 0 Å². The molecule has 1 aromatic rings. The Morgan fingerprint density at radius 1 is 1.35 bits per heavy atom. The molecule has 1 fully saturated rings. The maximum atomic E-state index is 12.9. The molecule has 1 aromatic carbocycles. The van der Waals surface area contributed by atoms with Crippen LogP contribution in [0.15, 0.2) is 24.3 Å². The Morgan fingerprint density at radius 2 is 2.06 bits per heavy atom. The Balaban J connectivity index is 1.93. The first-order chi connectivity index (χ1) is 8.29. The fourth-order valence-electron chi connectivity index (χ4n) is 1.98. The third-order valence-corrected chi connectivity index (χ3v) is 3.24. The molecular weight excluding hydrogens is 217 g/mol. The van der Waals surface area contributed by atoms with E-state index in [2.05, 4.69) is 5.32 Å². The second-order valence-corrected chi connectivity index (χ2v) is 4.71. The van der Waals surface area contributed by atoms with Gasteiger partial charge in [0.15, 0.2) is 0 Å². The molecule has 0 radical (unpaired) electrons. The van der Waals surface area contributed by atoms with E-state index in [1.807, 2.05) is 12.1 Å². The highest BCUT2D eigenvalue weighted by atomic mass is 19.1. The maximum Gasteiger partial charge on any atom is 0.123 e. The van der Waals surface area contributed by atoms with E-state index in [4.69, 9.17) is 4.74 Å². The Hall–Kier alpha value is -0.930. The van der Waals surface area contributed by atoms with Crippen molar-refractivity contribution >= 4 is 0 Å². The summed E-state index contributed by atoms with van der Waals surface area (Å²) >= 11 is 0. The van der Waals surface area contributed by atoms with Gasteiger partial charge in [-0.25, -0.2) is 4.39 Å². The van der Waals surface area contributed by atoms with Crippen molar-refractivity contribution < 1.29 is 9.13 Å². The van der Waals surface area contributed by atoms with Gasteiger partial charge in [0.05, 0.1) is 0 Å². The SMILES string of the molecule is COCCC(CNC1CC1)c1ccc(F)cc1. The highest BCUT2D eigenvalue weighted by Crippen LogP contribution is 2.23. The van der Waals surface area contributed by atoms with E-state index in [-0.39, 0.29) is 5.82 Å². The fourth-order valence-corrected chi connectivity index (χ4v) is 1.98. The standard InChI is InChI=1S/C14H20FNO/c1-17-9-8-12(10-16-14-6-7-14)11-2-4-13(15)5-3-11/h2-5,12,14,16H,6-10H2,1H3. The van der Waals surface area contributed by atoms with Gasteiger partial charge in [0, 0.05) is 26.3 Å². The van der Waals surface area contributed by atoms with Gasteiger partial charge in [-0.3, -0.25) is 0 Å². The van der Waals surface area contributed by atoms with Gasteiger partial charge >= 0.3 is 0 Å². The number of methoxy groups -OCH3 is 1. The van der Waals surface area contributed by atoms with Gasteiger partial charge in [-0.2, -0.15) is 0 Å². The summed E-state index contributed by atoms with van der Waals surface area (Å²) in [6.07, 6.45) is 3.56. The van der Waals surface area contributed by atoms with Crippen LogP contribution in [-0.2, 0) is 4.74 Å². The summed E-state index contributed by atoms with van der Waals surface area (Å²) in [7, 11) is 1.72. The maximum absolute atomic E-state index is 12.9. The Kier molecular flexibility index (Phi) is 4.51. The van der Waals surface area contributed by atoms with Gasteiger partial charge in [0.1, 0.15) is 5.82 Å². The fraction of sp³-hybridized carbons (Fsp3) is 0.571. The van der Waals surface area contributed by atoms with Crippen LogP contribution in [0.1, 0.15) is 30.7 Å². The van der Waals surface area contributed by atoms with Gasteiger partial charge in [-0.1, -0.05) is 12.1 Å². The Morgan fingerprint density at radius 3 is 2.65 bits per heavy atom. The molecule has 2 rings (SSSR count). The lowest BCUT2D eigenvalue weighted by molar-refractivity contribution is 0.187. The Bertz CT molecular complexity index is 335. The number of hydrogen-bond donors (Lipinski definition) is 1. The van der Waals surface area contributed by atoms with Crippen molar-refractivity contribution in [3.8, 4) is 0 Å². The van der Waals surface area contributed by atoms with Crippen LogP contribution in [-0.4, -0.2) is 26.3 Å². The van der Waals surface area contributed by atoms with Crippen LogP contribution in [0, 0.1) is 5.82 Å². The highest BCUT2D eigenvalue weighted by Gasteiger charge is 2.22. The van der Waals surface area contributed by atoms with Crippen molar-refractivity contribution in [3.63, 3.8) is 0 Å². The van der Waals surface area contributed by atoms with E-state index >= 15 is 0 Å². The third kappa shape index (κ3) is 4.10. The number of benzene rings is 1. The molecule has 0 amide bonds. The number of rotatable bonds is 7. The summed E-state index contributed by atoms with van der Waals surface area (Å²) in [5.41, 5.74) is 1.19. The molecule has 1 unspecified atom stereocenters. The quantitative estimate of drug-likeness (QED) is 0.787. The molecule has 3 heteroatoms. The number of nitrogens with one attached hydrogen (secondary N) is 1. The number of hydrogen-bond acceptors (Lipinski definition) is 2. The summed E-state index contributed by atoms with van der Waals surface area (Å²) in [4.78, 5) is 0. The topological polar surface area (TPSA) is 21.3 Å². The lowest BCUT2D eigenvalue weighted by atomic mass is 9.96. The molecule has 0 spiro atoms. The first-order valence-corrected chi connectivity index (χ1v) is 6.27. The zero-order valence-corrected chi connectivity index (χ0v) is 10.3. The molecule has 1 atom stereocenters. The molecule has 17 heavy (non-hydrogen) atoms. The lowest BCUT2D eigenvalue weighted by Crippen LogP contribution is -2.24. The average Bonchev–Trinajstić information content (AvgIpc) is 3.15. The van der Waals surface area contributed by atoms with Crippen LogP contribution in [0.3, 0.4) is 0 Å². The largest absolute Gasteiger partial charge is 0.385 e. The predicted molar refractivity (Wildman–Crippen MR) is 66.7 cm³/mol. The van der Waals surface area contributed by atoms with Crippen molar-refractivity contribution in [1.29, 1.82) is 0 Å². The summed E-state index contributed by atoms with van der Waals surface area (Å²) in [5, 5.41) is 3.53. The molecule has 1 saturated carbocycles. The molecule has 1 aliphatic carbocycles. The van der Waals surface area contributed by atoms with E-state index in [1.165, 1.54) is 30.5 Å². The van der Waals surface area contributed by atoms with Crippen molar-refractivity contribution in [2.75, 3.05) is 20.3 Å². The van der Waals surface area contributed by atoms with Gasteiger partial charge in [-0.05, 0) is 42.9 Å². The molecule has 0 aromatic heterocycles. The number of halogens is 1. The highest BCUT2D eigenvalue weighted by molar-refractivity contribution is 5.21. The minimum atomic E-state index is -0.172. The Labute approximate surface area is 102 Å². The molecule has 0 bridgehead atoms. The van der Waals surface area contributed by atoms with E-state index < -0.39 is 0 Å². The zero-order chi connectivity index (χ0) is 12.1. The second kappa shape index (κ2) is 6.12. The van der Waals surface area contributed by atoms with E-state index in [9.17, 15) is 4.39 Å². The molecule has 1 N–H and O–H groups in total. The van der Waals surface area contributed by atoms with E-state index in [0.717, 1.165) is 19.6 Å². The third-order valence-electron chi connectivity index (χ3n) is 3.24. The summed E-state index contributed by atoms with van der Waals surface area (Å²) in [6, 6.07) is 7.54. The molecule has 1 aliphatic rings. The van der Waals surface area contributed by atoms with E-state index in [0.29, 0.717) is 12.0 Å². The molecule has 94 valence electrons. The summed E-state index contributed by atoms with van der Waals surface area (Å²) < 4.78 is 18.0. The van der Waals surface area contributed by atoms with Crippen molar-refractivity contribution in [2.24, 2.45) is 0 Å². The molecule has 2 nitrogen and oxygen atoms in total. The first-order valence-electron chi connectivity index (χ1n) is 6.27. The summed E-state index contributed by atoms with van der Waals surface area (Å²) in [6.45, 7) is 1.70. The molecule has 0 saturated heterocycles. The minimum absolute atomic E-state index is 0.172. The smallest absolute Gasteiger partial charge is 0.123 e. The van der Waals surface area contributed by atoms with Crippen LogP contribution in [0.2, 0.25) is 0 Å². The van der Waals surface area contributed by atoms with Crippen molar-refractivity contribution in [3.05, 3.63) is 35.6 Å².